The zero-order valence-electron chi connectivity index (χ0n) is 25.6. The molecule has 6 aromatic rings. The molecule has 12 heteroatoms. The molecule has 8 rings (SSSR count). The molecule has 1 spiro atoms. The molecule has 6 heterocycles. The van der Waals surface area contributed by atoms with Crippen LogP contribution in [0.1, 0.15) is 57.2 Å². The van der Waals surface area contributed by atoms with Crippen LogP contribution in [-0.4, -0.2) is 14.2 Å². The van der Waals surface area contributed by atoms with Gasteiger partial charge < -0.3 is 9.47 Å². The van der Waals surface area contributed by atoms with Crippen molar-refractivity contribution in [1.29, 1.82) is 15.8 Å². The monoisotopic (exact) mass is 734 g/mol. The summed E-state index contributed by atoms with van der Waals surface area (Å²) in [6, 6.07) is 12.0. The highest BCUT2D eigenvalue weighted by Gasteiger charge is 2.47. The number of hydrogen-bond acceptors (Lipinski definition) is 11. The molecule has 0 atom stereocenters. The SMILES string of the molecule is [C-]#[N+]/C(C#N)=C/c1cc(OC)c(C2=Cc3sc4c(sc5c6sc(-c7sc(C=C(C#N)C#N)cc7OC)cc6sc45)c3C23CCCCC3)s1. The van der Waals surface area contributed by atoms with Crippen molar-refractivity contribution in [3.63, 3.8) is 0 Å². The fourth-order valence-corrected chi connectivity index (χ4v) is 15.3. The minimum absolute atomic E-state index is 0.0712. The Morgan fingerprint density at radius 3 is 2.12 bits per heavy atom. The van der Waals surface area contributed by atoms with Crippen molar-refractivity contribution in [2.45, 2.75) is 37.5 Å². The lowest BCUT2D eigenvalue weighted by atomic mass is 9.67. The van der Waals surface area contributed by atoms with Crippen LogP contribution in [0, 0.1) is 40.6 Å². The number of ether oxygens (including phenoxy) is 2. The van der Waals surface area contributed by atoms with Crippen LogP contribution in [0.2, 0.25) is 0 Å². The van der Waals surface area contributed by atoms with Crippen LogP contribution in [0.5, 0.6) is 11.5 Å². The van der Waals surface area contributed by atoms with E-state index in [1.807, 2.05) is 64.4 Å². The molecule has 0 amide bonds. The van der Waals surface area contributed by atoms with Crippen LogP contribution in [0.4, 0.5) is 0 Å². The topological polar surface area (TPSA) is 94.2 Å². The number of methoxy groups -OCH3 is 2. The van der Waals surface area contributed by atoms with E-state index in [4.69, 9.17) is 16.0 Å². The molecule has 0 aromatic carbocycles. The van der Waals surface area contributed by atoms with Gasteiger partial charge in [0.2, 0.25) is 0 Å². The smallest absolute Gasteiger partial charge is 0.263 e. The van der Waals surface area contributed by atoms with Gasteiger partial charge in [0.25, 0.3) is 5.70 Å². The first-order chi connectivity index (χ1) is 23.4. The van der Waals surface area contributed by atoms with Gasteiger partial charge in [-0.05, 0) is 60.4 Å². The van der Waals surface area contributed by atoms with E-state index in [1.165, 1.54) is 74.8 Å². The third-order valence-electron chi connectivity index (χ3n) is 8.99. The summed E-state index contributed by atoms with van der Waals surface area (Å²) in [4.78, 5) is 9.61. The van der Waals surface area contributed by atoms with Gasteiger partial charge in [-0.25, -0.2) is 10.1 Å². The summed E-state index contributed by atoms with van der Waals surface area (Å²) in [6.45, 7) is 7.34. The van der Waals surface area contributed by atoms with Crippen molar-refractivity contribution in [3.05, 3.63) is 66.0 Å². The molecule has 234 valence electrons. The van der Waals surface area contributed by atoms with Crippen LogP contribution >= 0.6 is 68.0 Å². The third kappa shape index (κ3) is 4.68. The fourth-order valence-electron chi connectivity index (χ4n) is 6.97. The van der Waals surface area contributed by atoms with Gasteiger partial charge in [-0.15, -0.1) is 68.0 Å². The van der Waals surface area contributed by atoms with Gasteiger partial charge in [-0.1, -0.05) is 19.3 Å². The van der Waals surface area contributed by atoms with E-state index in [9.17, 15) is 15.8 Å². The molecule has 0 bridgehead atoms. The Hall–Kier alpha value is -4.24. The van der Waals surface area contributed by atoms with Crippen LogP contribution in [-0.2, 0) is 5.41 Å². The van der Waals surface area contributed by atoms with Gasteiger partial charge in [-0.2, -0.15) is 10.5 Å². The molecular weight excluding hydrogens is 713 g/mol. The maximum absolute atomic E-state index is 9.37. The Balaban J connectivity index is 1.25. The molecule has 1 fully saturated rings. The third-order valence-corrected chi connectivity index (χ3v) is 16.7. The Morgan fingerprint density at radius 1 is 0.771 bits per heavy atom. The zero-order valence-corrected chi connectivity index (χ0v) is 30.5. The van der Waals surface area contributed by atoms with E-state index in [1.54, 1.807) is 49.0 Å². The van der Waals surface area contributed by atoms with E-state index >= 15 is 0 Å². The summed E-state index contributed by atoms with van der Waals surface area (Å²) < 4.78 is 19.7. The van der Waals surface area contributed by atoms with Crippen LogP contribution in [0.25, 0.3) is 66.6 Å². The number of thiophene rings is 6. The standard InChI is InChI=1S/C36H22N4O2S6/c1-40-19(17-39)10-21-12-23(41-2)29(43-21)22-13-25-28(36(22)7-5-4-6-8-36)32-34(45-25)35-33(48-32)31-27(47-35)14-26(46-31)30-24(42-3)11-20(44-30)9-18(15-37)16-38/h9-14H,4-8H2,2-3H3/b19-10+. The molecule has 6 nitrogen and oxygen atoms in total. The largest absolute Gasteiger partial charge is 0.495 e. The maximum atomic E-state index is 9.37. The highest BCUT2D eigenvalue weighted by molar-refractivity contribution is 7.45. The number of nitrogens with zero attached hydrogens (tertiary/aromatic N) is 4. The number of hydrogen-bond donors (Lipinski definition) is 0. The molecule has 0 aliphatic heterocycles. The normalized spacial score (nSPS) is 15.2. The van der Waals surface area contributed by atoms with Crippen molar-refractivity contribution in [1.82, 2.24) is 0 Å². The van der Waals surface area contributed by atoms with E-state index < -0.39 is 0 Å². The molecule has 2 aliphatic carbocycles. The molecule has 48 heavy (non-hydrogen) atoms. The van der Waals surface area contributed by atoms with Crippen LogP contribution < -0.4 is 9.47 Å². The average molecular weight is 735 g/mol. The van der Waals surface area contributed by atoms with Crippen LogP contribution in [0.15, 0.2) is 29.5 Å². The number of fused-ring (bicyclic) bond motifs is 8. The summed E-state index contributed by atoms with van der Waals surface area (Å²) in [6.07, 6.45) is 11.4. The molecule has 6 aromatic heterocycles. The molecule has 0 unspecified atom stereocenters. The first-order valence-corrected chi connectivity index (χ1v) is 19.9. The molecular formula is C36H22N4O2S6. The highest BCUT2D eigenvalue weighted by Crippen LogP contribution is 2.64. The summed E-state index contributed by atoms with van der Waals surface area (Å²) >= 11 is 10.6. The first-order valence-electron chi connectivity index (χ1n) is 15.0. The van der Waals surface area contributed by atoms with Gasteiger partial charge in [0.15, 0.2) is 0 Å². The Bertz CT molecular complexity index is 2550. The van der Waals surface area contributed by atoms with Crippen LogP contribution in [0.3, 0.4) is 0 Å². The second-order valence-corrected chi connectivity index (χ2v) is 17.8. The minimum Gasteiger partial charge on any atom is -0.495 e. The van der Waals surface area contributed by atoms with Gasteiger partial charge in [0.1, 0.15) is 29.2 Å². The summed E-state index contributed by atoms with van der Waals surface area (Å²) in [7, 11) is 3.35. The maximum Gasteiger partial charge on any atom is 0.263 e. The number of rotatable bonds is 6. The molecule has 0 saturated heterocycles. The number of nitriles is 3. The lowest BCUT2D eigenvalue weighted by Gasteiger charge is -2.37. The van der Waals surface area contributed by atoms with E-state index in [0.29, 0.717) is 0 Å². The first kappa shape index (κ1) is 31.1. The Labute approximate surface area is 300 Å². The quantitative estimate of drug-likeness (QED) is 0.125. The van der Waals surface area contributed by atoms with Gasteiger partial charge >= 0.3 is 0 Å². The van der Waals surface area contributed by atoms with Gasteiger partial charge in [0.05, 0.1) is 65.0 Å². The predicted octanol–water partition coefficient (Wildman–Crippen LogP) is 12.2. The van der Waals surface area contributed by atoms with E-state index in [2.05, 4.69) is 17.0 Å². The second kappa shape index (κ2) is 12.0. The Morgan fingerprint density at radius 2 is 1.44 bits per heavy atom. The minimum atomic E-state index is -0.0878. The van der Waals surface area contributed by atoms with Crippen molar-refractivity contribution >= 4 is 120 Å². The molecule has 0 radical (unpaired) electrons. The molecule has 0 N–H and O–H groups in total. The van der Waals surface area contributed by atoms with E-state index in [0.717, 1.165) is 48.7 Å². The van der Waals surface area contributed by atoms with Crippen molar-refractivity contribution in [3.8, 4) is 39.5 Å². The highest BCUT2D eigenvalue weighted by atomic mass is 32.1. The second-order valence-electron chi connectivity index (χ2n) is 11.5. The molecule has 2 aliphatic rings. The summed E-state index contributed by atoms with van der Waals surface area (Å²) in [5, 5.41) is 27.8. The zero-order chi connectivity index (χ0) is 33.2. The average Bonchev–Trinajstić information content (AvgIpc) is 3.96. The predicted molar refractivity (Wildman–Crippen MR) is 203 cm³/mol. The van der Waals surface area contributed by atoms with Gasteiger partial charge in [0, 0.05) is 24.7 Å². The fraction of sp³-hybridized carbons (Fsp3) is 0.222. The van der Waals surface area contributed by atoms with E-state index in [-0.39, 0.29) is 16.7 Å². The lowest BCUT2D eigenvalue weighted by molar-refractivity contribution is 0.373. The summed E-state index contributed by atoms with van der Waals surface area (Å²) in [5.74, 6) is 1.55. The summed E-state index contributed by atoms with van der Waals surface area (Å²) in [5.41, 5.74) is 2.85. The molecule has 1 saturated carbocycles. The van der Waals surface area contributed by atoms with Gasteiger partial charge in [-0.3, -0.25) is 0 Å². The van der Waals surface area contributed by atoms with Crippen molar-refractivity contribution < 1.29 is 9.47 Å². The van der Waals surface area contributed by atoms with Crippen molar-refractivity contribution in [2.75, 3.05) is 14.2 Å². The Kier molecular flexibility index (Phi) is 7.78. The van der Waals surface area contributed by atoms with Crippen molar-refractivity contribution in [2.24, 2.45) is 0 Å². The lowest BCUT2D eigenvalue weighted by Crippen LogP contribution is -2.28. The number of allylic oxidation sites excluding steroid dienone is 3.